The molecule has 2 aromatic heterocycles. The summed E-state index contributed by atoms with van der Waals surface area (Å²) in [6.45, 7) is 1.94. The normalized spacial score (nSPS) is 10.8. The van der Waals surface area contributed by atoms with E-state index < -0.39 is 0 Å². The second kappa shape index (κ2) is 4.84. The predicted molar refractivity (Wildman–Crippen MR) is 67.5 cm³/mol. The van der Waals surface area contributed by atoms with Gasteiger partial charge in [0.1, 0.15) is 14.6 Å². The van der Waals surface area contributed by atoms with Crippen LogP contribution in [0.2, 0.25) is 14.6 Å². The summed E-state index contributed by atoms with van der Waals surface area (Å²) in [5.41, 5.74) is 0.745. The molecule has 0 amide bonds. The summed E-state index contributed by atoms with van der Waals surface area (Å²) in [5, 5.41) is 1.34. The maximum atomic E-state index is 6.00. The number of rotatable bonds is 2. The van der Waals surface area contributed by atoms with Crippen molar-refractivity contribution in [3.05, 3.63) is 26.4 Å². The molecule has 2 aromatic rings. The Bertz CT molecular complexity index is 503. The standard InChI is InChI=1S/C9H6Cl3N3S/c1-2-4-6(11)14-8(15-7(4)12)9-13-3-5(10)16-9/h3H,2H2,1H3. The maximum absolute atomic E-state index is 6.00. The summed E-state index contributed by atoms with van der Waals surface area (Å²) in [7, 11) is 0. The van der Waals surface area contributed by atoms with Crippen LogP contribution in [-0.2, 0) is 6.42 Å². The van der Waals surface area contributed by atoms with Gasteiger partial charge < -0.3 is 0 Å². The number of nitrogens with zero attached hydrogens (tertiary/aromatic N) is 3. The van der Waals surface area contributed by atoms with Crippen LogP contribution in [0.3, 0.4) is 0 Å². The minimum atomic E-state index is 0.365. The van der Waals surface area contributed by atoms with E-state index in [0.717, 1.165) is 5.56 Å². The number of halogens is 3. The minimum absolute atomic E-state index is 0.365. The molecule has 84 valence electrons. The first-order valence-corrected chi connectivity index (χ1v) is 6.40. The molecule has 0 atom stereocenters. The molecule has 0 saturated carbocycles. The Morgan fingerprint density at radius 2 is 1.81 bits per heavy atom. The van der Waals surface area contributed by atoms with E-state index in [1.165, 1.54) is 11.3 Å². The van der Waals surface area contributed by atoms with Crippen molar-refractivity contribution < 1.29 is 0 Å². The van der Waals surface area contributed by atoms with Gasteiger partial charge in [-0.2, -0.15) is 0 Å². The molecule has 0 radical (unpaired) electrons. The van der Waals surface area contributed by atoms with E-state index in [9.17, 15) is 0 Å². The number of hydrogen-bond donors (Lipinski definition) is 0. The number of thiazole rings is 1. The van der Waals surface area contributed by atoms with Crippen molar-refractivity contribution in [2.24, 2.45) is 0 Å². The van der Waals surface area contributed by atoms with E-state index in [2.05, 4.69) is 15.0 Å². The molecular weight excluding hydrogens is 289 g/mol. The Hall–Kier alpha value is -0.420. The van der Waals surface area contributed by atoms with Crippen molar-refractivity contribution in [2.75, 3.05) is 0 Å². The molecule has 0 fully saturated rings. The van der Waals surface area contributed by atoms with E-state index in [-0.39, 0.29) is 0 Å². The highest BCUT2D eigenvalue weighted by atomic mass is 35.5. The Morgan fingerprint density at radius 3 is 2.25 bits per heavy atom. The SMILES string of the molecule is CCc1c(Cl)nc(-c2ncc(Cl)s2)nc1Cl. The predicted octanol–water partition coefficient (Wildman–Crippen LogP) is 4.12. The summed E-state index contributed by atoms with van der Waals surface area (Å²) < 4.78 is 0.574. The molecule has 0 bridgehead atoms. The summed E-state index contributed by atoms with van der Waals surface area (Å²) in [4.78, 5) is 12.4. The Kier molecular flexibility index (Phi) is 3.64. The molecule has 0 unspecified atom stereocenters. The van der Waals surface area contributed by atoms with Crippen LogP contribution in [0.1, 0.15) is 12.5 Å². The third kappa shape index (κ3) is 2.30. The zero-order chi connectivity index (χ0) is 11.7. The second-order valence-corrected chi connectivity index (χ2v) is 5.31. The molecule has 0 saturated heterocycles. The van der Waals surface area contributed by atoms with Gasteiger partial charge in [0.15, 0.2) is 10.8 Å². The highest BCUT2D eigenvalue weighted by molar-refractivity contribution is 7.18. The lowest BCUT2D eigenvalue weighted by atomic mass is 10.3. The molecule has 3 nitrogen and oxygen atoms in total. The highest BCUT2D eigenvalue weighted by Gasteiger charge is 2.13. The zero-order valence-electron chi connectivity index (χ0n) is 8.17. The summed E-state index contributed by atoms with van der Waals surface area (Å²) in [6.07, 6.45) is 2.23. The largest absolute Gasteiger partial charge is 0.240 e. The molecule has 0 spiro atoms. The van der Waals surface area contributed by atoms with Crippen molar-refractivity contribution in [1.29, 1.82) is 0 Å². The lowest BCUT2D eigenvalue weighted by Gasteiger charge is -2.03. The summed E-state index contributed by atoms with van der Waals surface area (Å²) in [6, 6.07) is 0. The van der Waals surface area contributed by atoms with Crippen LogP contribution < -0.4 is 0 Å². The Balaban J connectivity index is 2.52. The van der Waals surface area contributed by atoms with Gasteiger partial charge in [0.2, 0.25) is 0 Å². The molecule has 2 heterocycles. The topological polar surface area (TPSA) is 38.7 Å². The van der Waals surface area contributed by atoms with Crippen molar-refractivity contribution in [3.63, 3.8) is 0 Å². The van der Waals surface area contributed by atoms with Gasteiger partial charge in [-0.25, -0.2) is 15.0 Å². The number of hydrogen-bond acceptors (Lipinski definition) is 4. The third-order valence-electron chi connectivity index (χ3n) is 1.93. The lowest BCUT2D eigenvalue weighted by molar-refractivity contribution is 1.05. The monoisotopic (exact) mass is 293 g/mol. The smallest absolute Gasteiger partial charge is 0.191 e. The van der Waals surface area contributed by atoms with Crippen LogP contribution in [0, 0.1) is 0 Å². The molecule has 2 rings (SSSR count). The summed E-state index contributed by atoms with van der Waals surface area (Å²) >= 11 is 19.1. The van der Waals surface area contributed by atoms with Gasteiger partial charge in [-0.05, 0) is 6.42 Å². The first-order valence-electron chi connectivity index (χ1n) is 4.45. The first-order chi connectivity index (χ1) is 7.61. The molecule has 0 aromatic carbocycles. The molecule has 0 N–H and O–H groups in total. The highest BCUT2D eigenvalue weighted by Crippen LogP contribution is 2.29. The van der Waals surface area contributed by atoms with Crippen LogP contribution >= 0.6 is 46.1 Å². The van der Waals surface area contributed by atoms with Crippen LogP contribution in [-0.4, -0.2) is 15.0 Å². The zero-order valence-corrected chi connectivity index (χ0v) is 11.3. The van der Waals surface area contributed by atoms with Gasteiger partial charge in [0.25, 0.3) is 0 Å². The quantitative estimate of drug-likeness (QED) is 0.782. The second-order valence-electron chi connectivity index (χ2n) is 2.93. The maximum Gasteiger partial charge on any atom is 0.191 e. The molecule has 0 aliphatic heterocycles. The van der Waals surface area contributed by atoms with E-state index in [4.69, 9.17) is 34.8 Å². The van der Waals surface area contributed by atoms with Crippen molar-refractivity contribution >= 4 is 46.1 Å². The fraction of sp³-hybridized carbons (Fsp3) is 0.222. The van der Waals surface area contributed by atoms with Gasteiger partial charge in [-0.1, -0.05) is 53.1 Å². The van der Waals surface area contributed by atoms with E-state index in [1.807, 2.05) is 6.92 Å². The minimum Gasteiger partial charge on any atom is -0.240 e. The average molecular weight is 295 g/mol. The van der Waals surface area contributed by atoms with Gasteiger partial charge in [0, 0.05) is 5.56 Å². The molecule has 0 aliphatic carbocycles. The Morgan fingerprint density at radius 1 is 1.19 bits per heavy atom. The van der Waals surface area contributed by atoms with Crippen molar-refractivity contribution in [3.8, 4) is 10.8 Å². The molecule has 7 heteroatoms. The van der Waals surface area contributed by atoms with Gasteiger partial charge in [-0.3, -0.25) is 0 Å². The van der Waals surface area contributed by atoms with Crippen molar-refractivity contribution in [2.45, 2.75) is 13.3 Å². The lowest BCUT2D eigenvalue weighted by Crippen LogP contribution is -1.96. The molecule has 16 heavy (non-hydrogen) atoms. The molecule has 0 aliphatic rings. The van der Waals surface area contributed by atoms with Gasteiger partial charge in [0.05, 0.1) is 6.20 Å². The van der Waals surface area contributed by atoms with E-state index in [0.29, 0.717) is 31.9 Å². The Labute approximate surface area is 111 Å². The van der Waals surface area contributed by atoms with Crippen LogP contribution in [0.5, 0.6) is 0 Å². The number of aromatic nitrogens is 3. The van der Waals surface area contributed by atoms with Crippen molar-refractivity contribution in [1.82, 2.24) is 15.0 Å². The van der Waals surface area contributed by atoms with Crippen LogP contribution in [0.25, 0.3) is 10.8 Å². The van der Waals surface area contributed by atoms with E-state index in [1.54, 1.807) is 6.20 Å². The van der Waals surface area contributed by atoms with Crippen LogP contribution in [0.15, 0.2) is 6.20 Å². The average Bonchev–Trinajstić information content (AvgIpc) is 2.64. The fourth-order valence-corrected chi connectivity index (χ4v) is 2.68. The molecular formula is C9H6Cl3N3S. The third-order valence-corrected chi connectivity index (χ3v) is 3.66. The van der Waals surface area contributed by atoms with Gasteiger partial charge in [-0.15, -0.1) is 0 Å². The van der Waals surface area contributed by atoms with Crippen LogP contribution in [0.4, 0.5) is 0 Å². The van der Waals surface area contributed by atoms with E-state index >= 15 is 0 Å². The first kappa shape index (κ1) is 12.0. The fourth-order valence-electron chi connectivity index (χ4n) is 1.18. The van der Waals surface area contributed by atoms with Gasteiger partial charge >= 0.3 is 0 Å². The summed E-state index contributed by atoms with van der Waals surface area (Å²) in [5.74, 6) is 0.407.